The maximum absolute atomic E-state index is 12.5. The standard InChI is InChI=1S/C19H23BrN2O3/c1-13(19(23)21-16-9-6-8-15(20)11-16)22(2)12-14-7-5-10-17(24-3)18(14)25-4/h5-11,13H,12H2,1-4H3,(H,21,23). The van der Waals surface area contributed by atoms with Gasteiger partial charge >= 0.3 is 0 Å². The van der Waals surface area contributed by atoms with Crippen molar-refractivity contribution in [2.24, 2.45) is 0 Å². The first-order chi connectivity index (χ1) is 12.0. The van der Waals surface area contributed by atoms with Gasteiger partial charge in [0, 0.05) is 22.3 Å². The van der Waals surface area contributed by atoms with E-state index in [-0.39, 0.29) is 11.9 Å². The molecule has 1 unspecified atom stereocenters. The molecule has 0 aliphatic carbocycles. The number of amides is 1. The number of anilines is 1. The van der Waals surface area contributed by atoms with E-state index in [1.54, 1.807) is 14.2 Å². The number of para-hydroxylation sites is 1. The molecule has 0 radical (unpaired) electrons. The van der Waals surface area contributed by atoms with Crippen molar-refractivity contribution in [2.45, 2.75) is 19.5 Å². The minimum Gasteiger partial charge on any atom is -0.493 e. The monoisotopic (exact) mass is 406 g/mol. The van der Waals surface area contributed by atoms with E-state index >= 15 is 0 Å². The topological polar surface area (TPSA) is 50.8 Å². The van der Waals surface area contributed by atoms with Gasteiger partial charge in [-0.05, 0) is 38.2 Å². The maximum Gasteiger partial charge on any atom is 0.241 e. The lowest BCUT2D eigenvalue weighted by atomic mass is 10.1. The van der Waals surface area contributed by atoms with Crippen molar-refractivity contribution in [3.05, 3.63) is 52.5 Å². The van der Waals surface area contributed by atoms with Gasteiger partial charge in [0.25, 0.3) is 0 Å². The predicted octanol–water partition coefficient (Wildman–Crippen LogP) is 3.93. The highest BCUT2D eigenvalue weighted by molar-refractivity contribution is 9.10. The molecule has 0 saturated carbocycles. The maximum atomic E-state index is 12.5. The van der Waals surface area contributed by atoms with Gasteiger partial charge in [-0.15, -0.1) is 0 Å². The van der Waals surface area contributed by atoms with Crippen LogP contribution < -0.4 is 14.8 Å². The van der Waals surface area contributed by atoms with Crippen LogP contribution >= 0.6 is 15.9 Å². The number of methoxy groups -OCH3 is 2. The van der Waals surface area contributed by atoms with E-state index in [1.165, 1.54) is 0 Å². The Bertz CT molecular complexity index is 736. The molecule has 0 fully saturated rings. The molecule has 1 N–H and O–H groups in total. The first kappa shape index (κ1) is 19.3. The second kappa shape index (κ2) is 8.87. The quantitative estimate of drug-likeness (QED) is 0.756. The summed E-state index contributed by atoms with van der Waals surface area (Å²) in [5.41, 5.74) is 1.73. The number of ether oxygens (including phenoxy) is 2. The third-order valence-electron chi connectivity index (χ3n) is 4.04. The van der Waals surface area contributed by atoms with Gasteiger partial charge in [-0.3, -0.25) is 9.69 Å². The smallest absolute Gasteiger partial charge is 0.241 e. The first-order valence-corrected chi connectivity index (χ1v) is 8.72. The van der Waals surface area contributed by atoms with Crippen LogP contribution in [0.1, 0.15) is 12.5 Å². The third kappa shape index (κ3) is 4.96. The number of halogens is 1. The van der Waals surface area contributed by atoms with Crippen LogP contribution in [0.15, 0.2) is 46.9 Å². The average molecular weight is 407 g/mol. The Morgan fingerprint density at radius 1 is 1.20 bits per heavy atom. The number of hydrogen-bond acceptors (Lipinski definition) is 4. The lowest BCUT2D eigenvalue weighted by molar-refractivity contribution is -0.120. The summed E-state index contributed by atoms with van der Waals surface area (Å²) < 4.78 is 11.7. The highest BCUT2D eigenvalue weighted by atomic mass is 79.9. The molecular formula is C19H23BrN2O3. The fourth-order valence-corrected chi connectivity index (χ4v) is 2.90. The van der Waals surface area contributed by atoms with Gasteiger partial charge in [0.1, 0.15) is 0 Å². The zero-order valence-electron chi connectivity index (χ0n) is 14.9. The molecule has 0 heterocycles. The summed E-state index contributed by atoms with van der Waals surface area (Å²) in [6.45, 7) is 2.44. The van der Waals surface area contributed by atoms with Crippen molar-refractivity contribution in [2.75, 3.05) is 26.6 Å². The highest BCUT2D eigenvalue weighted by Crippen LogP contribution is 2.31. The summed E-state index contributed by atoms with van der Waals surface area (Å²) in [6.07, 6.45) is 0. The van der Waals surface area contributed by atoms with E-state index in [4.69, 9.17) is 9.47 Å². The molecule has 0 aromatic heterocycles. The number of likely N-dealkylation sites (N-methyl/N-ethyl adjacent to an activating group) is 1. The summed E-state index contributed by atoms with van der Waals surface area (Å²) in [4.78, 5) is 14.5. The first-order valence-electron chi connectivity index (χ1n) is 7.92. The molecule has 2 aromatic rings. The molecule has 0 bridgehead atoms. The summed E-state index contributed by atoms with van der Waals surface area (Å²) in [5, 5.41) is 2.93. The molecule has 2 rings (SSSR count). The molecule has 2 aromatic carbocycles. The Hall–Kier alpha value is -2.05. The second-order valence-corrected chi connectivity index (χ2v) is 6.66. The van der Waals surface area contributed by atoms with Gasteiger partial charge in [-0.1, -0.05) is 34.1 Å². The van der Waals surface area contributed by atoms with Crippen molar-refractivity contribution >= 4 is 27.5 Å². The fraction of sp³-hybridized carbons (Fsp3) is 0.316. The van der Waals surface area contributed by atoms with Crippen molar-refractivity contribution < 1.29 is 14.3 Å². The molecule has 0 aliphatic heterocycles. The minimum absolute atomic E-state index is 0.0672. The van der Waals surface area contributed by atoms with E-state index in [2.05, 4.69) is 21.2 Å². The third-order valence-corrected chi connectivity index (χ3v) is 4.53. The number of nitrogens with one attached hydrogen (secondary N) is 1. The molecule has 25 heavy (non-hydrogen) atoms. The number of benzene rings is 2. The van der Waals surface area contributed by atoms with Crippen LogP contribution in [-0.4, -0.2) is 38.1 Å². The Kier molecular flexibility index (Phi) is 6.84. The van der Waals surface area contributed by atoms with Gasteiger partial charge in [-0.2, -0.15) is 0 Å². The zero-order valence-corrected chi connectivity index (χ0v) is 16.5. The van der Waals surface area contributed by atoms with Crippen molar-refractivity contribution in [3.63, 3.8) is 0 Å². The Morgan fingerprint density at radius 3 is 2.56 bits per heavy atom. The molecule has 0 aliphatic rings. The molecule has 0 saturated heterocycles. The Morgan fingerprint density at radius 2 is 1.92 bits per heavy atom. The Balaban J connectivity index is 2.07. The van der Waals surface area contributed by atoms with Gasteiger partial charge in [-0.25, -0.2) is 0 Å². The molecule has 6 heteroatoms. The number of carbonyl (C=O) groups is 1. The van der Waals surface area contributed by atoms with Gasteiger partial charge in [0.05, 0.1) is 20.3 Å². The van der Waals surface area contributed by atoms with E-state index in [1.807, 2.05) is 61.3 Å². The molecule has 0 spiro atoms. The van der Waals surface area contributed by atoms with E-state index in [0.29, 0.717) is 18.0 Å². The Labute approximate surface area is 157 Å². The zero-order chi connectivity index (χ0) is 18.4. The van der Waals surface area contributed by atoms with Crippen LogP contribution in [0.4, 0.5) is 5.69 Å². The lowest BCUT2D eigenvalue weighted by Gasteiger charge is -2.25. The van der Waals surface area contributed by atoms with Crippen molar-refractivity contribution in [3.8, 4) is 11.5 Å². The van der Waals surface area contributed by atoms with E-state index in [0.717, 1.165) is 15.7 Å². The molecule has 5 nitrogen and oxygen atoms in total. The average Bonchev–Trinajstić information content (AvgIpc) is 2.60. The van der Waals surface area contributed by atoms with Crippen LogP contribution in [-0.2, 0) is 11.3 Å². The number of hydrogen-bond donors (Lipinski definition) is 1. The minimum atomic E-state index is -0.310. The lowest BCUT2D eigenvalue weighted by Crippen LogP contribution is -2.39. The molecule has 1 amide bonds. The largest absolute Gasteiger partial charge is 0.493 e. The van der Waals surface area contributed by atoms with Gasteiger partial charge in [0.2, 0.25) is 5.91 Å². The second-order valence-electron chi connectivity index (χ2n) is 5.74. The number of nitrogens with zero attached hydrogens (tertiary/aromatic N) is 1. The van der Waals surface area contributed by atoms with Crippen molar-refractivity contribution in [1.82, 2.24) is 4.90 Å². The highest BCUT2D eigenvalue weighted by Gasteiger charge is 2.20. The predicted molar refractivity (Wildman–Crippen MR) is 103 cm³/mol. The summed E-state index contributed by atoms with van der Waals surface area (Å²) in [6, 6.07) is 13.0. The van der Waals surface area contributed by atoms with Crippen molar-refractivity contribution in [1.29, 1.82) is 0 Å². The van der Waals surface area contributed by atoms with Crippen LogP contribution in [0, 0.1) is 0 Å². The molecule has 134 valence electrons. The van der Waals surface area contributed by atoms with Crippen LogP contribution in [0.3, 0.4) is 0 Å². The van der Waals surface area contributed by atoms with Crippen LogP contribution in [0.25, 0.3) is 0 Å². The fourth-order valence-electron chi connectivity index (χ4n) is 2.50. The number of carbonyl (C=O) groups excluding carboxylic acids is 1. The summed E-state index contributed by atoms with van der Waals surface area (Å²) in [5.74, 6) is 1.30. The number of rotatable bonds is 7. The molecule has 1 atom stereocenters. The SMILES string of the molecule is COc1cccc(CN(C)C(C)C(=O)Nc2cccc(Br)c2)c1OC. The van der Waals surface area contributed by atoms with Gasteiger partial charge < -0.3 is 14.8 Å². The summed E-state index contributed by atoms with van der Waals surface area (Å²) in [7, 11) is 5.13. The summed E-state index contributed by atoms with van der Waals surface area (Å²) >= 11 is 3.40. The molecular weight excluding hydrogens is 384 g/mol. The van der Waals surface area contributed by atoms with Crippen LogP contribution in [0.5, 0.6) is 11.5 Å². The van der Waals surface area contributed by atoms with E-state index in [9.17, 15) is 4.79 Å². The van der Waals surface area contributed by atoms with E-state index < -0.39 is 0 Å². The van der Waals surface area contributed by atoms with Gasteiger partial charge in [0.15, 0.2) is 11.5 Å². The normalized spacial score (nSPS) is 11.9. The van der Waals surface area contributed by atoms with Crippen LogP contribution in [0.2, 0.25) is 0 Å².